The second-order valence-corrected chi connectivity index (χ2v) is 8.20. The van der Waals surface area contributed by atoms with Gasteiger partial charge in [0.25, 0.3) is 5.56 Å². The minimum atomic E-state index is -0.828. The SMILES string of the molecule is C#Cc1ccc(NC(=O)N2CC(OCC)CC2C(=O)Nc2ccc(-n3ccccc3=O)c(F)c2)cc1. The Hall–Kier alpha value is -4.42. The number of anilines is 2. The lowest BCUT2D eigenvalue weighted by atomic mass is 10.1. The van der Waals surface area contributed by atoms with Gasteiger partial charge in [-0.25, -0.2) is 9.18 Å². The predicted molar refractivity (Wildman–Crippen MR) is 135 cm³/mol. The number of nitrogens with one attached hydrogen (secondary N) is 2. The number of amides is 3. The number of carbonyl (C=O) groups is 2. The normalized spacial score (nSPS) is 16.9. The van der Waals surface area contributed by atoms with Crippen molar-refractivity contribution < 1.29 is 18.7 Å². The summed E-state index contributed by atoms with van der Waals surface area (Å²) >= 11 is 0. The molecule has 1 aliphatic heterocycles. The molecule has 3 aromatic rings. The Morgan fingerprint density at radius 3 is 2.53 bits per heavy atom. The highest BCUT2D eigenvalue weighted by molar-refractivity contribution is 5.99. The lowest BCUT2D eigenvalue weighted by Gasteiger charge is -2.24. The van der Waals surface area contributed by atoms with Crippen LogP contribution in [0.4, 0.5) is 20.6 Å². The number of aromatic nitrogens is 1. The molecule has 2 N–H and O–H groups in total. The van der Waals surface area contributed by atoms with Crippen LogP contribution in [0.3, 0.4) is 0 Å². The van der Waals surface area contributed by atoms with Crippen molar-refractivity contribution >= 4 is 23.3 Å². The molecule has 1 aliphatic rings. The molecule has 36 heavy (non-hydrogen) atoms. The molecule has 4 rings (SSSR count). The van der Waals surface area contributed by atoms with E-state index in [1.54, 1.807) is 36.4 Å². The Morgan fingerprint density at radius 2 is 1.86 bits per heavy atom. The summed E-state index contributed by atoms with van der Waals surface area (Å²) in [5, 5.41) is 5.46. The lowest BCUT2D eigenvalue weighted by molar-refractivity contribution is -0.119. The average molecular weight is 489 g/mol. The molecule has 2 heterocycles. The molecule has 0 radical (unpaired) electrons. The Balaban J connectivity index is 1.50. The number of hydrogen-bond acceptors (Lipinski definition) is 4. The first-order chi connectivity index (χ1) is 17.4. The fourth-order valence-electron chi connectivity index (χ4n) is 4.10. The van der Waals surface area contributed by atoms with Crippen molar-refractivity contribution in [2.75, 3.05) is 23.8 Å². The van der Waals surface area contributed by atoms with Crippen LogP contribution in [-0.4, -0.2) is 46.7 Å². The minimum absolute atomic E-state index is 0.0627. The van der Waals surface area contributed by atoms with Gasteiger partial charge in [0, 0.05) is 48.8 Å². The number of urea groups is 1. The predicted octanol–water partition coefficient (Wildman–Crippen LogP) is 3.61. The van der Waals surface area contributed by atoms with Gasteiger partial charge in [-0.3, -0.25) is 14.2 Å². The van der Waals surface area contributed by atoms with Crippen molar-refractivity contribution in [3.05, 3.63) is 88.6 Å². The van der Waals surface area contributed by atoms with E-state index in [1.165, 1.54) is 33.9 Å². The number of ether oxygens (including phenoxy) is 1. The molecule has 0 aliphatic carbocycles. The average Bonchev–Trinajstić information content (AvgIpc) is 3.30. The van der Waals surface area contributed by atoms with Crippen LogP contribution in [0.2, 0.25) is 0 Å². The summed E-state index contributed by atoms with van der Waals surface area (Å²) in [7, 11) is 0. The van der Waals surface area contributed by atoms with E-state index in [4.69, 9.17) is 11.2 Å². The highest BCUT2D eigenvalue weighted by Gasteiger charge is 2.40. The zero-order valence-corrected chi connectivity index (χ0v) is 19.6. The van der Waals surface area contributed by atoms with Crippen LogP contribution in [0.1, 0.15) is 18.9 Å². The lowest BCUT2D eigenvalue weighted by Crippen LogP contribution is -2.45. The molecule has 1 fully saturated rings. The number of likely N-dealkylation sites (tertiary alicyclic amines) is 1. The summed E-state index contributed by atoms with van der Waals surface area (Å²) in [5.74, 6) is 1.36. The van der Waals surface area contributed by atoms with Gasteiger partial charge in [0.2, 0.25) is 5.91 Å². The zero-order chi connectivity index (χ0) is 25.7. The standard InChI is InChI=1S/C27H25FN4O4/c1-3-18-8-10-19(11-9-18)30-27(35)32-17-21(36-4-2)16-24(32)26(34)29-20-12-13-23(22(28)15-20)31-14-6-5-7-25(31)33/h1,5-15,21,24H,4,16-17H2,2H3,(H,29,34)(H,30,35). The maximum Gasteiger partial charge on any atom is 0.322 e. The molecule has 0 bridgehead atoms. The monoisotopic (exact) mass is 488 g/mol. The molecule has 2 unspecified atom stereocenters. The molecule has 184 valence electrons. The molecule has 2 atom stereocenters. The third-order valence-electron chi connectivity index (χ3n) is 5.83. The summed E-state index contributed by atoms with van der Waals surface area (Å²) in [6.07, 6.45) is 6.81. The number of terminal acetylenes is 1. The van der Waals surface area contributed by atoms with Crippen molar-refractivity contribution in [1.29, 1.82) is 0 Å². The molecule has 3 amide bonds. The van der Waals surface area contributed by atoms with Crippen molar-refractivity contribution in [2.24, 2.45) is 0 Å². The van der Waals surface area contributed by atoms with Crippen LogP contribution >= 0.6 is 0 Å². The van der Waals surface area contributed by atoms with Crippen molar-refractivity contribution in [3.63, 3.8) is 0 Å². The first-order valence-corrected chi connectivity index (χ1v) is 11.4. The van der Waals surface area contributed by atoms with Crippen LogP contribution in [0, 0.1) is 18.2 Å². The minimum Gasteiger partial charge on any atom is -0.377 e. The molecule has 8 nitrogen and oxygen atoms in total. The molecular formula is C27H25FN4O4. The van der Waals surface area contributed by atoms with E-state index in [9.17, 15) is 18.8 Å². The maximum atomic E-state index is 14.8. The van der Waals surface area contributed by atoms with Crippen molar-refractivity contribution in [2.45, 2.75) is 25.5 Å². The van der Waals surface area contributed by atoms with Crippen LogP contribution in [0.25, 0.3) is 5.69 Å². The summed E-state index contributed by atoms with van der Waals surface area (Å²) < 4.78 is 21.6. The van der Waals surface area contributed by atoms with Gasteiger partial charge < -0.3 is 20.3 Å². The Morgan fingerprint density at radius 1 is 1.11 bits per heavy atom. The van der Waals surface area contributed by atoms with E-state index in [0.717, 1.165) is 6.07 Å². The molecule has 2 aromatic carbocycles. The molecule has 0 saturated carbocycles. The van der Waals surface area contributed by atoms with Gasteiger partial charge in [0.1, 0.15) is 11.9 Å². The highest BCUT2D eigenvalue weighted by Crippen LogP contribution is 2.24. The second-order valence-electron chi connectivity index (χ2n) is 8.20. The van der Waals surface area contributed by atoms with E-state index in [0.29, 0.717) is 24.3 Å². The number of pyridine rings is 1. The Labute approximate surface area is 207 Å². The topological polar surface area (TPSA) is 92.7 Å². The van der Waals surface area contributed by atoms with Crippen LogP contribution in [0.15, 0.2) is 71.7 Å². The highest BCUT2D eigenvalue weighted by atomic mass is 19.1. The number of nitrogens with zero attached hydrogens (tertiary/aromatic N) is 2. The smallest absolute Gasteiger partial charge is 0.322 e. The van der Waals surface area contributed by atoms with Crippen molar-refractivity contribution in [1.82, 2.24) is 9.47 Å². The van der Waals surface area contributed by atoms with Gasteiger partial charge in [-0.15, -0.1) is 6.42 Å². The van der Waals surface area contributed by atoms with E-state index >= 15 is 0 Å². The first-order valence-electron chi connectivity index (χ1n) is 11.4. The fraction of sp³-hybridized carbons (Fsp3) is 0.222. The van der Waals surface area contributed by atoms with Gasteiger partial charge in [0.05, 0.1) is 11.8 Å². The van der Waals surface area contributed by atoms with E-state index < -0.39 is 23.8 Å². The molecule has 9 heteroatoms. The quantitative estimate of drug-likeness (QED) is 0.519. The van der Waals surface area contributed by atoms with E-state index in [2.05, 4.69) is 16.6 Å². The third-order valence-corrected chi connectivity index (χ3v) is 5.83. The largest absolute Gasteiger partial charge is 0.377 e. The number of rotatable bonds is 6. The zero-order valence-electron chi connectivity index (χ0n) is 19.6. The molecule has 1 saturated heterocycles. The van der Waals surface area contributed by atoms with Crippen molar-refractivity contribution in [3.8, 4) is 18.0 Å². The van der Waals surface area contributed by atoms with Gasteiger partial charge >= 0.3 is 6.03 Å². The van der Waals surface area contributed by atoms with Crippen LogP contribution < -0.4 is 16.2 Å². The third kappa shape index (κ3) is 5.45. The summed E-state index contributed by atoms with van der Waals surface area (Å²) in [6.45, 7) is 2.51. The molecule has 0 spiro atoms. The van der Waals surface area contributed by atoms with E-state index in [1.807, 2.05) is 6.92 Å². The summed E-state index contributed by atoms with van der Waals surface area (Å²) in [4.78, 5) is 39.6. The summed E-state index contributed by atoms with van der Waals surface area (Å²) in [6, 6.07) is 14.0. The Kier molecular flexibility index (Phi) is 7.47. The van der Waals surface area contributed by atoms with Gasteiger partial charge in [-0.05, 0) is 55.5 Å². The molecular weight excluding hydrogens is 463 g/mol. The maximum absolute atomic E-state index is 14.8. The number of carbonyl (C=O) groups excluding carboxylic acids is 2. The number of benzene rings is 2. The van der Waals surface area contributed by atoms with Gasteiger partial charge in [0.15, 0.2) is 0 Å². The van der Waals surface area contributed by atoms with Crippen LogP contribution in [-0.2, 0) is 9.53 Å². The first kappa shape index (κ1) is 24.7. The second kappa shape index (κ2) is 10.9. The number of hydrogen-bond donors (Lipinski definition) is 2. The number of halogens is 1. The van der Waals surface area contributed by atoms with Gasteiger partial charge in [-0.1, -0.05) is 12.0 Å². The summed E-state index contributed by atoms with van der Waals surface area (Å²) in [5.41, 5.74) is 1.10. The fourth-order valence-corrected chi connectivity index (χ4v) is 4.10. The van der Waals surface area contributed by atoms with Gasteiger partial charge in [-0.2, -0.15) is 0 Å². The van der Waals surface area contributed by atoms with E-state index in [-0.39, 0.29) is 29.6 Å². The Bertz CT molecular complexity index is 1360. The molecule has 1 aromatic heterocycles. The van der Waals surface area contributed by atoms with Crippen LogP contribution in [0.5, 0.6) is 0 Å².